The highest BCUT2D eigenvalue weighted by molar-refractivity contribution is 7.13. The lowest BCUT2D eigenvalue weighted by atomic mass is 10.3. The summed E-state index contributed by atoms with van der Waals surface area (Å²) in [7, 11) is 8.51. The van der Waals surface area contributed by atoms with Gasteiger partial charge in [0, 0.05) is 45.8 Å². The van der Waals surface area contributed by atoms with Crippen molar-refractivity contribution in [1.82, 2.24) is 19.3 Å². The molecular formula is C11H31N4P3. The first-order chi connectivity index (χ1) is 8.18. The van der Waals surface area contributed by atoms with Crippen LogP contribution in [0.3, 0.4) is 0 Å². The molecule has 1 aliphatic heterocycles. The second-order valence-electron chi connectivity index (χ2n) is 4.57. The van der Waals surface area contributed by atoms with Gasteiger partial charge in [-0.15, -0.1) is 0 Å². The maximum Gasteiger partial charge on any atom is 0.0147 e. The fourth-order valence-electron chi connectivity index (χ4n) is 1.82. The van der Waals surface area contributed by atoms with Crippen LogP contribution in [-0.4, -0.2) is 66.4 Å². The fraction of sp³-hybridized carbons (Fsp3) is 1.00. The lowest BCUT2D eigenvalue weighted by Gasteiger charge is -2.24. The second-order valence-corrected chi connectivity index (χ2v) is 6.76. The van der Waals surface area contributed by atoms with Crippen molar-refractivity contribution in [1.29, 1.82) is 0 Å². The molecule has 1 fully saturated rings. The van der Waals surface area contributed by atoms with Crippen molar-refractivity contribution < 1.29 is 0 Å². The Bertz CT molecular complexity index is 197. The molecule has 0 aromatic rings. The van der Waals surface area contributed by atoms with Gasteiger partial charge in [0.15, 0.2) is 0 Å². The van der Waals surface area contributed by atoms with E-state index in [0.717, 1.165) is 52.4 Å². The Labute approximate surface area is 120 Å². The van der Waals surface area contributed by atoms with Gasteiger partial charge in [0.05, 0.1) is 0 Å². The summed E-state index contributed by atoms with van der Waals surface area (Å²) in [5.74, 6) is 0. The zero-order chi connectivity index (χ0) is 12.5. The summed E-state index contributed by atoms with van der Waals surface area (Å²) in [4.78, 5) is 0. The van der Waals surface area contributed by atoms with Crippen LogP contribution in [0.2, 0.25) is 0 Å². The fourth-order valence-corrected chi connectivity index (χ4v) is 2.73. The quantitative estimate of drug-likeness (QED) is 0.680. The van der Waals surface area contributed by atoms with Crippen molar-refractivity contribution in [2.24, 2.45) is 0 Å². The summed E-state index contributed by atoms with van der Waals surface area (Å²) in [6.07, 6.45) is 2.45. The van der Waals surface area contributed by atoms with Crippen LogP contribution in [-0.2, 0) is 0 Å². The lowest BCUT2D eigenvalue weighted by molar-refractivity contribution is 0.352. The van der Waals surface area contributed by atoms with Gasteiger partial charge in [0.2, 0.25) is 0 Å². The largest absolute Gasteiger partial charge is 0.315 e. The minimum absolute atomic E-state index is 0. The molecule has 0 spiro atoms. The van der Waals surface area contributed by atoms with Crippen molar-refractivity contribution in [3.05, 3.63) is 0 Å². The van der Waals surface area contributed by atoms with Crippen LogP contribution >= 0.6 is 28.2 Å². The number of nitrogens with zero attached hydrogens (tertiary/aromatic N) is 3. The van der Waals surface area contributed by atoms with Crippen molar-refractivity contribution in [2.45, 2.75) is 20.3 Å². The Morgan fingerprint density at radius 2 is 1.11 bits per heavy atom. The van der Waals surface area contributed by atoms with Crippen molar-refractivity contribution in [2.75, 3.05) is 52.4 Å². The van der Waals surface area contributed by atoms with Crippen LogP contribution in [0.15, 0.2) is 0 Å². The first-order valence-electron chi connectivity index (χ1n) is 6.38. The van der Waals surface area contributed by atoms with Crippen molar-refractivity contribution in [3.63, 3.8) is 0 Å². The van der Waals surface area contributed by atoms with Gasteiger partial charge in [-0.2, -0.15) is 0 Å². The molecule has 0 amide bonds. The summed E-state index contributed by atoms with van der Waals surface area (Å²) in [6.45, 7) is 9.03. The third kappa shape index (κ3) is 9.98. The molecule has 1 aliphatic rings. The van der Waals surface area contributed by atoms with Crippen LogP contribution in [0.25, 0.3) is 0 Å². The molecule has 1 N–H and O–H groups in total. The molecule has 0 aliphatic carbocycles. The first-order valence-corrected chi connectivity index (χ1v) is 7.93. The highest BCUT2D eigenvalue weighted by atomic mass is 31.0. The second kappa shape index (κ2) is 11.9. The Kier molecular flexibility index (Phi) is 12.7. The molecule has 4 nitrogen and oxygen atoms in total. The molecule has 0 aromatic heterocycles. The van der Waals surface area contributed by atoms with E-state index in [0.29, 0.717) is 0 Å². The molecule has 110 valence electrons. The SMILES string of the molecule is C.PN1CCCN(P)CCN(P)CCCNCC1. The summed E-state index contributed by atoms with van der Waals surface area (Å²) in [5, 5.41) is 3.49. The predicted molar refractivity (Wildman–Crippen MR) is 92.7 cm³/mol. The first kappa shape index (κ1) is 19.1. The molecular weight excluding hydrogens is 281 g/mol. The molecule has 1 heterocycles. The minimum atomic E-state index is 0. The van der Waals surface area contributed by atoms with E-state index in [4.69, 9.17) is 0 Å². The van der Waals surface area contributed by atoms with E-state index < -0.39 is 0 Å². The predicted octanol–water partition coefficient (Wildman–Crippen LogP) is 1.28. The van der Waals surface area contributed by atoms with E-state index in [2.05, 4.69) is 47.5 Å². The Balaban J connectivity index is 0.00000289. The summed E-state index contributed by atoms with van der Waals surface area (Å²) in [6, 6.07) is 0. The van der Waals surface area contributed by atoms with E-state index in [-0.39, 0.29) is 7.43 Å². The zero-order valence-corrected chi connectivity index (χ0v) is 14.1. The van der Waals surface area contributed by atoms with Gasteiger partial charge >= 0.3 is 0 Å². The Morgan fingerprint density at radius 3 is 1.72 bits per heavy atom. The number of nitrogens with one attached hydrogen (secondary N) is 1. The maximum atomic E-state index is 3.49. The molecule has 3 atom stereocenters. The third-order valence-electron chi connectivity index (χ3n) is 2.94. The Hall–Kier alpha value is 1.13. The van der Waals surface area contributed by atoms with E-state index >= 15 is 0 Å². The highest BCUT2D eigenvalue weighted by Gasteiger charge is 2.05. The van der Waals surface area contributed by atoms with Gasteiger partial charge in [-0.3, -0.25) is 14.0 Å². The third-order valence-corrected chi connectivity index (χ3v) is 4.49. The molecule has 0 radical (unpaired) electrons. The summed E-state index contributed by atoms with van der Waals surface area (Å²) in [5.41, 5.74) is 0. The molecule has 0 saturated carbocycles. The van der Waals surface area contributed by atoms with Gasteiger partial charge in [-0.25, -0.2) is 0 Å². The van der Waals surface area contributed by atoms with E-state index in [1.165, 1.54) is 12.8 Å². The maximum absolute atomic E-state index is 3.49. The van der Waals surface area contributed by atoms with E-state index in [9.17, 15) is 0 Å². The lowest BCUT2D eigenvalue weighted by Crippen LogP contribution is -2.32. The molecule has 7 heteroatoms. The minimum Gasteiger partial charge on any atom is -0.315 e. The van der Waals surface area contributed by atoms with E-state index in [1.807, 2.05) is 0 Å². The van der Waals surface area contributed by atoms with Crippen LogP contribution in [0, 0.1) is 0 Å². The molecule has 3 unspecified atom stereocenters. The molecule has 1 rings (SSSR count). The normalized spacial score (nSPS) is 24.2. The van der Waals surface area contributed by atoms with Gasteiger partial charge in [0.1, 0.15) is 0 Å². The van der Waals surface area contributed by atoms with Gasteiger partial charge < -0.3 is 5.32 Å². The van der Waals surface area contributed by atoms with E-state index in [1.54, 1.807) is 0 Å². The smallest absolute Gasteiger partial charge is 0.0147 e. The zero-order valence-electron chi connectivity index (χ0n) is 10.6. The molecule has 0 aromatic carbocycles. The Morgan fingerprint density at radius 1 is 0.611 bits per heavy atom. The highest BCUT2D eigenvalue weighted by Crippen LogP contribution is 2.06. The summed E-state index contributed by atoms with van der Waals surface area (Å²) >= 11 is 0. The van der Waals surface area contributed by atoms with Crippen LogP contribution in [0.4, 0.5) is 0 Å². The molecule has 1 saturated heterocycles. The average molecular weight is 312 g/mol. The van der Waals surface area contributed by atoms with Crippen LogP contribution < -0.4 is 5.32 Å². The van der Waals surface area contributed by atoms with Crippen LogP contribution in [0.1, 0.15) is 20.3 Å². The number of rotatable bonds is 0. The molecule has 18 heavy (non-hydrogen) atoms. The number of hydrogen-bond acceptors (Lipinski definition) is 4. The van der Waals surface area contributed by atoms with Crippen molar-refractivity contribution in [3.8, 4) is 0 Å². The number of hydrogen-bond donors (Lipinski definition) is 1. The van der Waals surface area contributed by atoms with Crippen molar-refractivity contribution >= 4 is 28.2 Å². The average Bonchev–Trinajstić information content (AvgIpc) is 2.30. The molecule has 0 bridgehead atoms. The van der Waals surface area contributed by atoms with Crippen LogP contribution in [0.5, 0.6) is 0 Å². The monoisotopic (exact) mass is 312 g/mol. The van der Waals surface area contributed by atoms with Gasteiger partial charge in [0.25, 0.3) is 0 Å². The van der Waals surface area contributed by atoms with Gasteiger partial charge in [-0.05, 0) is 19.4 Å². The standard InChI is InChI=1S/C10H27N4P3.CH4/c15-12-6-2-7-14(17)10-9-13(16)5-1-3-11-4-8-12;/h11H,1-10,15-17H2;1H4. The topological polar surface area (TPSA) is 21.8 Å². The van der Waals surface area contributed by atoms with Gasteiger partial charge in [-0.1, -0.05) is 35.6 Å². The summed E-state index contributed by atoms with van der Waals surface area (Å²) < 4.78 is 7.02.